The molecule has 0 N–H and O–H groups in total. The van der Waals surface area contributed by atoms with Crippen LogP contribution in [0, 0.1) is 11.8 Å². The average molecular weight is 296 g/mol. The molecule has 0 aliphatic rings. The van der Waals surface area contributed by atoms with Crippen molar-refractivity contribution < 1.29 is 4.79 Å². The van der Waals surface area contributed by atoms with Crippen LogP contribution >= 0.6 is 11.6 Å². The van der Waals surface area contributed by atoms with Gasteiger partial charge in [0.2, 0.25) is 0 Å². The molecule has 0 aliphatic heterocycles. The number of aldehydes is 1. The number of carbonyl (C=O) groups is 1. The van der Waals surface area contributed by atoms with Crippen LogP contribution in [0.4, 0.5) is 5.69 Å². The largest absolute Gasteiger partial charge is 0.370 e. The van der Waals surface area contributed by atoms with E-state index in [1.807, 2.05) is 12.1 Å². The monoisotopic (exact) mass is 295 g/mol. The molecule has 0 saturated heterocycles. The van der Waals surface area contributed by atoms with E-state index >= 15 is 0 Å². The first-order valence-corrected chi connectivity index (χ1v) is 7.81. The first-order chi connectivity index (χ1) is 9.43. The van der Waals surface area contributed by atoms with Crippen molar-refractivity contribution in [3.05, 3.63) is 28.8 Å². The Morgan fingerprint density at radius 1 is 1.10 bits per heavy atom. The highest BCUT2D eigenvalue weighted by Crippen LogP contribution is 2.27. The van der Waals surface area contributed by atoms with Gasteiger partial charge in [-0.3, -0.25) is 4.79 Å². The molecule has 0 saturated carbocycles. The minimum absolute atomic E-state index is 0.631. The Morgan fingerprint density at radius 3 is 2.05 bits per heavy atom. The molecule has 0 fully saturated rings. The molecule has 3 heteroatoms. The van der Waals surface area contributed by atoms with Crippen molar-refractivity contribution in [3.8, 4) is 0 Å². The highest BCUT2D eigenvalue weighted by atomic mass is 35.5. The lowest BCUT2D eigenvalue weighted by atomic mass is 10.1. The molecular formula is C17H26ClNO. The quantitative estimate of drug-likeness (QED) is 0.625. The Hall–Kier alpha value is -1.02. The molecule has 0 bridgehead atoms. The second-order valence-electron chi connectivity index (χ2n) is 6.18. The van der Waals surface area contributed by atoms with Crippen molar-refractivity contribution in [1.82, 2.24) is 0 Å². The van der Waals surface area contributed by atoms with E-state index in [9.17, 15) is 4.79 Å². The Morgan fingerprint density at radius 2 is 1.65 bits per heavy atom. The first kappa shape index (κ1) is 17.0. The number of nitrogens with zero attached hydrogens (tertiary/aromatic N) is 1. The molecule has 1 aromatic carbocycles. The third-order valence-electron chi connectivity index (χ3n) is 3.40. The predicted molar refractivity (Wildman–Crippen MR) is 88.0 cm³/mol. The highest BCUT2D eigenvalue weighted by molar-refractivity contribution is 6.33. The number of benzene rings is 1. The third-order valence-corrected chi connectivity index (χ3v) is 3.70. The molecule has 20 heavy (non-hydrogen) atoms. The summed E-state index contributed by atoms with van der Waals surface area (Å²) >= 11 is 6.33. The molecule has 0 unspecified atom stereocenters. The highest BCUT2D eigenvalue weighted by Gasteiger charge is 2.12. The van der Waals surface area contributed by atoms with Gasteiger partial charge in [0.25, 0.3) is 0 Å². The van der Waals surface area contributed by atoms with E-state index in [-0.39, 0.29) is 0 Å². The second kappa shape index (κ2) is 8.31. The minimum atomic E-state index is 0.631. The molecular weight excluding hydrogens is 270 g/mol. The fraction of sp³-hybridized carbons (Fsp3) is 0.588. The summed E-state index contributed by atoms with van der Waals surface area (Å²) < 4.78 is 0. The smallest absolute Gasteiger partial charge is 0.150 e. The van der Waals surface area contributed by atoms with E-state index < -0.39 is 0 Å². The molecule has 0 amide bonds. The first-order valence-electron chi connectivity index (χ1n) is 7.43. The zero-order chi connectivity index (χ0) is 15.1. The maximum absolute atomic E-state index is 10.8. The second-order valence-corrected chi connectivity index (χ2v) is 6.59. The van der Waals surface area contributed by atoms with Gasteiger partial charge in [0, 0.05) is 18.7 Å². The number of rotatable bonds is 8. The van der Waals surface area contributed by atoms with Gasteiger partial charge in [0.1, 0.15) is 6.29 Å². The summed E-state index contributed by atoms with van der Waals surface area (Å²) in [5.41, 5.74) is 1.67. The third kappa shape index (κ3) is 5.54. The van der Waals surface area contributed by atoms with Crippen LogP contribution in [0.3, 0.4) is 0 Å². The van der Waals surface area contributed by atoms with Crippen molar-refractivity contribution in [3.63, 3.8) is 0 Å². The Kier molecular flexibility index (Phi) is 7.08. The Bertz CT molecular complexity index is 417. The molecule has 2 nitrogen and oxygen atoms in total. The van der Waals surface area contributed by atoms with Crippen LogP contribution in [0.5, 0.6) is 0 Å². The molecule has 0 aliphatic carbocycles. The number of halogens is 1. The maximum Gasteiger partial charge on any atom is 0.150 e. The zero-order valence-electron chi connectivity index (χ0n) is 13.0. The maximum atomic E-state index is 10.8. The number of anilines is 1. The Labute approximate surface area is 128 Å². The van der Waals surface area contributed by atoms with E-state index in [2.05, 4.69) is 32.6 Å². The van der Waals surface area contributed by atoms with Crippen molar-refractivity contribution in [1.29, 1.82) is 0 Å². The minimum Gasteiger partial charge on any atom is -0.370 e. The van der Waals surface area contributed by atoms with Gasteiger partial charge in [-0.15, -0.1) is 0 Å². The zero-order valence-corrected chi connectivity index (χ0v) is 13.8. The molecule has 0 atom stereocenters. The van der Waals surface area contributed by atoms with Gasteiger partial charge in [0.05, 0.1) is 10.7 Å². The van der Waals surface area contributed by atoms with Crippen LogP contribution < -0.4 is 4.90 Å². The van der Waals surface area contributed by atoms with Crippen LogP contribution in [0.25, 0.3) is 0 Å². The number of hydrogen-bond acceptors (Lipinski definition) is 2. The Balaban J connectivity index is 2.87. The molecule has 112 valence electrons. The summed E-state index contributed by atoms with van der Waals surface area (Å²) in [6, 6.07) is 5.56. The van der Waals surface area contributed by atoms with Crippen LogP contribution in [0.1, 0.15) is 50.9 Å². The van der Waals surface area contributed by atoms with Gasteiger partial charge in [-0.1, -0.05) is 39.3 Å². The van der Waals surface area contributed by atoms with Gasteiger partial charge >= 0.3 is 0 Å². The summed E-state index contributed by atoms with van der Waals surface area (Å²) in [5, 5.41) is 0.669. The van der Waals surface area contributed by atoms with E-state index in [0.717, 1.165) is 37.9 Å². The predicted octanol–water partition coefficient (Wildman–Crippen LogP) is 5.05. The van der Waals surface area contributed by atoms with E-state index in [4.69, 9.17) is 11.6 Å². The summed E-state index contributed by atoms with van der Waals surface area (Å²) in [5.74, 6) is 1.34. The topological polar surface area (TPSA) is 20.3 Å². The normalized spacial score (nSPS) is 11.2. The fourth-order valence-corrected chi connectivity index (χ4v) is 2.34. The van der Waals surface area contributed by atoms with Gasteiger partial charge in [0.15, 0.2) is 0 Å². The standard InChI is InChI=1S/C17H26ClNO/c1-13(2)7-9-19(10-8-14(3)4)17-6-5-15(12-20)11-16(17)18/h5-6,11-14H,7-10H2,1-4H3. The molecule has 1 aromatic rings. The van der Waals surface area contributed by atoms with E-state index in [1.165, 1.54) is 0 Å². The van der Waals surface area contributed by atoms with Crippen molar-refractivity contribution in [2.24, 2.45) is 11.8 Å². The lowest BCUT2D eigenvalue weighted by Crippen LogP contribution is -2.27. The summed E-state index contributed by atoms with van der Waals surface area (Å²) in [6.45, 7) is 10.9. The lowest BCUT2D eigenvalue weighted by molar-refractivity contribution is 0.112. The summed E-state index contributed by atoms with van der Waals surface area (Å²) in [6.07, 6.45) is 3.12. The number of hydrogen-bond donors (Lipinski definition) is 0. The van der Waals surface area contributed by atoms with E-state index in [1.54, 1.807) is 6.07 Å². The van der Waals surface area contributed by atoms with Crippen molar-refractivity contribution >= 4 is 23.6 Å². The molecule has 1 rings (SSSR count). The molecule has 0 spiro atoms. The molecule has 0 radical (unpaired) electrons. The van der Waals surface area contributed by atoms with Crippen molar-refractivity contribution in [2.75, 3.05) is 18.0 Å². The molecule has 0 aromatic heterocycles. The lowest BCUT2D eigenvalue weighted by Gasteiger charge is -2.27. The van der Waals surface area contributed by atoms with E-state index in [0.29, 0.717) is 22.4 Å². The van der Waals surface area contributed by atoms with Crippen LogP contribution in [0.2, 0.25) is 5.02 Å². The number of carbonyl (C=O) groups excluding carboxylic acids is 1. The van der Waals surface area contributed by atoms with Gasteiger partial charge in [-0.25, -0.2) is 0 Å². The average Bonchev–Trinajstić information content (AvgIpc) is 2.39. The van der Waals surface area contributed by atoms with Crippen molar-refractivity contribution in [2.45, 2.75) is 40.5 Å². The SMILES string of the molecule is CC(C)CCN(CCC(C)C)c1ccc(C=O)cc1Cl. The van der Waals surface area contributed by atoms with Crippen LogP contribution in [-0.4, -0.2) is 19.4 Å². The van der Waals surface area contributed by atoms with Crippen LogP contribution in [0.15, 0.2) is 18.2 Å². The van der Waals surface area contributed by atoms with Crippen LogP contribution in [-0.2, 0) is 0 Å². The molecule has 0 heterocycles. The van der Waals surface area contributed by atoms with Gasteiger partial charge in [-0.05, 0) is 42.9 Å². The fourth-order valence-electron chi connectivity index (χ4n) is 2.03. The summed E-state index contributed by atoms with van der Waals surface area (Å²) in [4.78, 5) is 13.1. The summed E-state index contributed by atoms with van der Waals surface area (Å²) in [7, 11) is 0. The van der Waals surface area contributed by atoms with Gasteiger partial charge < -0.3 is 4.90 Å². The van der Waals surface area contributed by atoms with Gasteiger partial charge in [-0.2, -0.15) is 0 Å².